The molecule has 15 heavy (non-hydrogen) atoms. The third kappa shape index (κ3) is 2.92. The van der Waals surface area contributed by atoms with Gasteiger partial charge >= 0.3 is 0 Å². The van der Waals surface area contributed by atoms with Crippen molar-refractivity contribution >= 4 is 5.91 Å². The number of nitrogens with zero attached hydrogens (tertiary/aromatic N) is 1. The molecule has 1 amide bonds. The van der Waals surface area contributed by atoms with E-state index < -0.39 is 0 Å². The molecule has 0 aromatic rings. The van der Waals surface area contributed by atoms with E-state index in [1.54, 1.807) is 0 Å². The van der Waals surface area contributed by atoms with Crippen molar-refractivity contribution in [3.05, 3.63) is 0 Å². The SMILES string of the molecule is O=C(C1CCCOC1)N1CCCNCC1. The van der Waals surface area contributed by atoms with Crippen LogP contribution < -0.4 is 5.32 Å². The van der Waals surface area contributed by atoms with Gasteiger partial charge in [-0.2, -0.15) is 0 Å². The van der Waals surface area contributed by atoms with Gasteiger partial charge in [0.1, 0.15) is 0 Å². The Balaban J connectivity index is 1.87. The Bertz CT molecular complexity index is 207. The fourth-order valence-corrected chi connectivity index (χ4v) is 2.26. The van der Waals surface area contributed by atoms with Crippen molar-refractivity contribution < 1.29 is 9.53 Å². The molecule has 0 aliphatic carbocycles. The van der Waals surface area contributed by atoms with Crippen LogP contribution in [0, 0.1) is 5.92 Å². The average Bonchev–Trinajstić information content (AvgIpc) is 2.58. The van der Waals surface area contributed by atoms with Gasteiger partial charge in [-0.25, -0.2) is 0 Å². The molecule has 2 aliphatic heterocycles. The maximum Gasteiger partial charge on any atom is 0.228 e. The first-order valence-corrected chi connectivity index (χ1v) is 5.95. The topological polar surface area (TPSA) is 41.6 Å². The molecule has 0 aromatic carbocycles. The van der Waals surface area contributed by atoms with Crippen molar-refractivity contribution in [3.8, 4) is 0 Å². The van der Waals surface area contributed by atoms with E-state index >= 15 is 0 Å². The Labute approximate surface area is 91.0 Å². The fourth-order valence-electron chi connectivity index (χ4n) is 2.26. The molecule has 2 aliphatic rings. The van der Waals surface area contributed by atoms with E-state index in [1.807, 2.05) is 4.90 Å². The minimum Gasteiger partial charge on any atom is -0.381 e. The highest BCUT2D eigenvalue weighted by molar-refractivity contribution is 5.79. The molecular weight excluding hydrogens is 192 g/mol. The van der Waals surface area contributed by atoms with Crippen LogP contribution in [0.3, 0.4) is 0 Å². The van der Waals surface area contributed by atoms with Crippen LogP contribution in [0.2, 0.25) is 0 Å². The van der Waals surface area contributed by atoms with Crippen molar-refractivity contribution in [3.63, 3.8) is 0 Å². The maximum atomic E-state index is 12.1. The number of rotatable bonds is 1. The highest BCUT2D eigenvalue weighted by atomic mass is 16.5. The molecule has 1 unspecified atom stereocenters. The number of carbonyl (C=O) groups is 1. The number of carbonyl (C=O) groups excluding carboxylic acids is 1. The van der Waals surface area contributed by atoms with Crippen LogP contribution in [-0.2, 0) is 9.53 Å². The Hall–Kier alpha value is -0.610. The predicted octanol–water partition coefficient (Wildman–Crippen LogP) is 0.235. The fraction of sp³-hybridized carbons (Fsp3) is 0.909. The Morgan fingerprint density at radius 1 is 1.27 bits per heavy atom. The predicted molar refractivity (Wildman–Crippen MR) is 57.6 cm³/mol. The van der Waals surface area contributed by atoms with Crippen molar-refractivity contribution in [1.29, 1.82) is 0 Å². The van der Waals surface area contributed by atoms with E-state index in [4.69, 9.17) is 4.74 Å². The van der Waals surface area contributed by atoms with Crippen LogP contribution in [0.25, 0.3) is 0 Å². The standard InChI is InChI=1S/C11H20N2O2/c14-11(10-3-1-8-15-9-10)13-6-2-4-12-5-7-13/h10,12H,1-9H2. The summed E-state index contributed by atoms with van der Waals surface area (Å²) in [5.41, 5.74) is 0. The van der Waals surface area contributed by atoms with Crippen molar-refractivity contribution in [2.24, 2.45) is 5.92 Å². The largest absolute Gasteiger partial charge is 0.381 e. The molecular formula is C11H20N2O2. The van der Waals surface area contributed by atoms with Crippen molar-refractivity contribution in [2.45, 2.75) is 19.3 Å². The van der Waals surface area contributed by atoms with Gasteiger partial charge in [-0.3, -0.25) is 4.79 Å². The zero-order valence-electron chi connectivity index (χ0n) is 9.21. The van der Waals surface area contributed by atoms with Gasteiger partial charge in [-0.05, 0) is 25.8 Å². The summed E-state index contributed by atoms with van der Waals surface area (Å²) in [5, 5.41) is 3.31. The number of hydrogen-bond acceptors (Lipinski definition) is 3. The van der Waals surface area contributed by atoms with Crippen LogP contribution in [0.15, 0.2) is 0 Å². The van der Waals surface area contributed by atoms with Gasteiger partial charge in [0.05, 0.1) is 12.5 Å². The van der Waals surface area contributed by atoms with Gasteiger partial charge in [0.25, 0.3) is 0 Å². The van der Waals surface area contributed by atoms with Crippen LogP contribution >= 0.6 is 0 Å². The van der Waals surface area contributed by atoms with Gasteiger partial charge in [0.2, 0.25) is 5.91 Å². The second kappa shape index (κ2) is 5.47. The lowest BCUT2D eigenvalue weighted by Crippen LogP contribution is -2.41. The molecule has 0 spiro atoms. The van der Waals surface area contributed by atoms with E-state index in [1.165, 1.54) is 0 Å². The molecule has 4 nitrogen and oxygen atoms in total. The second-order valence-electron chi connectivity index (χ2n) is 4.34. The quantitative estimate of drug-likeness (QED) is 0.677. The lowest BCUT2D eigenvalue weighted by molar-refractivity contribution is -0.139. The molecule has 2 saturated heterocycles. The monoisotopic (exact) mass is 212 g/mol. The molecule has 86 valence electrons. The number of amides is 1. The first-order chi connectivity index (χ1) is 7.38. The summed E-state index contributed by atoms with van der Waals surface area (Å²) in [6.07, 6.45) is 3.10. The van der Waals surface area contributed by atoms with Crippen LogP contribution in [-0.4, -0.2) is 50.2 Å². The molecule has 0 aromatic heterocycles. The Morgan fingerprint density at radius 2 is 2.20 bits per heavy atom. The summed E-state index contributed by atoms with van der Waals surface area (Å²) >= 11 is 0. The normalized spacial score (nSPS) is 28.5. The zero-order chi connectivity index (χ0) is 10.5. The van der Waals surface area contributed by atoms with Gasteiger partial charge in [-0.15, -0.1) is 0 Å². The first-order valence-electron chi connectivity index (χ1n) is 5.95. The lowest BCUT2D eigenvalue weighted by atomic mass is 10.0. The Morgan fingerprint density at radius 3 is 3.00 bits per heavy atom. The van der Waals surface area contributed by atoms with Crippen LogP contribution in [0.5, 0.6) is 0 Å². The third-order valence-electron chi connectivity index (χ3n) is 3.16. The van der Waals surface area contributed by atoms with Crippen molar-refractivity contribution in [2.75, 3.05) is 39.4 Å². The summed E-state index contributed by atoms with van der Waals surface area (Å²) < 4.78 is 5.36. The van der Waals surface area contributed by atoms with E-state index in [-0.39, 0.29) is 5.92 Å². The minimum atomic E-state index is 0.122. The molecule has 0 saturated carbocycles. The molecule has 0 bridgehead atoms. The van der Waals surface area contributed by atoms with E-state index in [9.17, 15) is 4.79 Å². The van der Waals surface area contributed by atoms with E-state index in [0.29, 0.717) is 12.5 Å². The summed E-state index contributed by atoms with van der Waals surface area (Å²) in [6.45, 7) is 5.18. The summed E-state index contributed by atoms with van der Waals surface area (Å²) in [4.78, 5) is 14.1. The number of nitrogens with one attached hydrogen (secondary N) is 1. The van der Waals surface area contributed by atoms with Gasteiger partial charge in [-0.1, -0.05) is 0 Å². The highest BCUT2D eigenvalue weighted by Gasteiger charge is 2.26. The van der Waals surface area contributed by atoms with E-state index in [2.05, 4.69) is 5.32 Å². The maximum absolute atomic E-state index is 12.1. The Kier molecular flexibility index (Phi) is 3.97. The molecule has 1 atom stereocenters. The second-order valence-corrected chi connectivity index (χ2v) is 4.34. The summed E-state index contributed by atoms with van der Waals surface area (Å²) in [7, 11) is 0. The molecule has 2 fully saturated rings. The highest BCUT2D eigenvalue weighted by Crippen LogP contribution is 2.16. The summed E-state index contributed by atoms with van der Waals surface area (Å²) in [6, 6.07) is 0. The van der Waals surface area contributed by atoms with Crippen molar-refractivity contribution in [1.82, 2.24) is 10.2 Å². The number of ether oxygens (including phenoxy) is 1. The van der Waals surface area contributed by atoms with Crippen LogP contribution in [0.1, 0.15) is 19.3 Å². The first kappa shape index (κ1) is 10.9. The smallest absolute Gasteiger partial charge is 0.228 e. The minimum absolute atomic E-state index is 0.122. The third-order valence-corrected chi connectivity index (χ3v) is 3.16. The van der Waals surface area contributed by atoms with Crippen LogP contribution in [0.4, 0.5) is 0 Å². The lowest BCUT2D eigenvalue weighted by Gasteiger charge is -2.28. The van der Waals surface area contributed by atoms with Gasteiger partial charge < -0.3 is 15.0 Å². The van der Waals surface area contributed by atoms with Gasteiger partial charge in [0, 0.05) is 26.2 Å². The molecule has 2 heterocycles. The molecule has 0 radical (unpaired) electrons. The molecule has 2 rings (SSSR count). The molecule has 1 N–H and O–H groups in total. The number of hydrogen-bond donors (Lipinski definition) is 1. The summed E-state index contributed by atoms with van der Waals surface area (Å²) in [5.74, 6) is 0.426. The average molecular weight is 212 g/mol. The van der Waals surface area contributed by atoms with E-state index in [0.717, 1.165) is 52.0 Å². The zero-order valence-corrected chi connectivity index (χ0v) is 9.21. The molecule has 4 heteroatoms. The van der Waals surface area contributed by atoms with Gasteiger partial charge in [0.15, 0.2) is 0 Å².